The van der Waals surface area contributed by atoms with Crippen molar-refractivity contribution >= 4 is 52.3 Å². The number of nitrogens with zero attached hydrogens (tertiary/aromatic N) is 1. The Bertz CT molecular complexity index is 946. The fraction of sp³-hybridized carbons (Fsp3) is 0.348. The van der Waals surface area contributed by atoms with Crippen molar-refractivity contribution in [3.05, 3.63) is 58.1 Å². The lowest BCUT2D eigenvalue weighted by molar-refractivity contribution is -0.119. The Morgan fingerprint density at radius 1 is 0.906 bits per heavy atom. The molecule has 0 unspecified atom stereocenters. The summed E-state index contributed by atoms with van der Waals surface area (Å²) in [7, 11) is 0. The van der Waals surface area contributed by atoms with E-state index in [4.69, 9.17) is 23.2 Å². The zero-order chi connectivity index (χ0) is 23.7. The second-order valence-corrected chi connectivity index (χ2v) is 8.46. The number of hydrogen-bond donors (Lipinski definition) is 3. The molecule has 9 heteroatoms. The van der Waals surface area contributed by atoms with E-state index in [0.717, 1.165) is 0 Å². The minimum atomic E-state index is -0.344. The van der Waals surface area contributed by atoms with Crippen LogP contribution in [0.3, 0.4) is 0 Å². The number of halogens is 2. The van der Waals surface area contributed by atoms with Crippen molar-refractivity contribution < 1.29 is 14.4 Å². The van der Waals surface area contributed by atoms with E-state index in [2.05, 4.69) is 16.0 Å². The predicted molar refractivity (Wildman–Crippen MR) is 129 cm³/mol. The summed E-state index contributed by atoms with van der Waals surface area (Å²) in [4.78, 5) is 39.2. The minimum absolute atomic E-state index is 0.0257. The fourth-order valence-electron chi connectivity index (χ4n) is 2.85. The van der Waals surface area contributed by atoms with Crippen LogP contribution in [0.4, 0.5) is 11.4 Å². The van der Waals surface area contributed by atoms with Gasteiger partial charge in [0.05, 0.1) is 40.1 Å². The summed E-state index contributed by atoms with van der Waals surface area (Å²) in [5, 5.41) is 8.97. The van der Waals surface area contributed by atoms with Gasteiger partial charge < -0.3 is 16.0 Å². The van der Waals surface area contributed by atoms with Crippen molar-refractivity contribution in [1.82, 2.24) is 10.2 Å². The van der Waals surface area contributed by atoms with Crippen LogP contribution in [0.1, 0.15) is 31.1 Å². The highest BCUT2D eigenvalue weighted by molar-refractivity contribution is 6.39. The van der Waals surface area contributed by atoms with E-state index >= 15 is 0 Å². The normalized spacial score (nSPS) is 10.8. The van der Waals surface area contributed by atoms with Crippen LogP contribution in [-0.2, 0) is 9.59 Å². The highest BCUT2D eigenvalue weighted by Gasteiger charge is 2.17. The van der Waals surface area contributed by atoms with Crippen LogP contribution in [0, 0.1) is 5.92 Å². The zero-order valence-corrected chi connectivity index (χ0v) is 19.9. The van der Waals surface area contributed by atoms with Crippen LogP contribution in [0.2, 0.25) is 10.0 Å². The van der Waals surface area contributed by atoms with E-state index in [0.29, 0.717) is 46.0 Å². The van der Waals surface area contributed by atoms with Gasteiger partial charge in [0.25, 0.3) is 5.91 Å². The molecule has 0 aromatic heterocycles. The molecule has 0 saturated heterocycles. The number of anilines is 2. The SMILES string of the molecule is CCN(CC(=O)Nc1ccccc1C(=O)NCC(C)C)CC(=O)Nc1c(Cl)cccc1Cl. The van der Waals surface area contributed by atoms with Gasteiger partial charge in [-0.1, -0.05) is 62.2 Å². The molecular formula is C23H28Cl2N4O3. The molecule has 0 aliphatic rings. The van der Waals surface area contributed by atoms with Crippen molar-refractivity contribution in [1.29, 1.82) is 0 Å². The molecule has 0 saturated carbocycles. The average Bonchev–Trinajstić information content (AvgIpc) is 2.74. The highest BCUT2D eigenvalue weighted by Crippen LogP contribution is 2.29. The second-order valence-electron chi connectivity index (χ2n) is 7.65. The van der Waals surface area contributed by atoms with Crippen molar-refractivity contribution in [3.63, 3.8) is 0 Å². The van der Waals surface area contributed by atoms with Gasteiger partial charge >= 0.3 is 0 Å². The van der Waals surface area contributed by atoms with Gasteiger partial charge in [-0.3, -0.25) is 19.3 Å². The molecule has 0 bridgehead atoms. The Morgan fingerprint density at radius 2 is 1.50 bits per heavy atom. The van der Waals surface area contributed by atoms with Gasteiger partial charge in [-0.05, 0) is 36.7 Å². The third kappa shape index (κ3) is 7.82. The monoisotopic (exact) mass is 478 g/mol. The van der Waals surface area contributed by atoms with Gasteiger partial charge in [0.15, 0.2) is 0 Å². The summed E-state index contributed by atoms with van der Waals surface area (Å²) in [6.07, 6.45) is 0. The molecule has 0 fully saturated rings. The third-order valence-electron chi connectivity index (χ3n) is 4.53. The molecule has 2 aromatic rings. The van der Waals surface area contributed by atoms with Crippen LogP contribution >= 0.6 is 23.2 Å². The van der Waals surface area contributed by atoms with Crippen LogP contribution in [0.15, 0.2) is 42.5 Å². The van der Waals surface area contributed by atoms with E-state index in [1.807, 2.05) is 20.8 Å². The predicted octanol–water partition coefficient (Wildman–Crippen LogP) is 4.28. The van der Waals surface area contributed by atoms with Crippen LogP contribution in [-0.4, -0.2) is 48.8 Å². The quantitative estimate of drug-likeness (QED) is 0.475. The van der Waals surface area contributed by atoms with Gasteiger partial charge in [-0.2, -0.15) is 0 Å². The van der Waals surface area contributed by atoms with Crippen LogP contribution in [0.25, 0.3) is 0 Å². The first-order valence-electron chi connectivity index (χ1n) is 10.3. The van der Waals surface area contributed by atoms with Gasteiger partial charge in [0.1, 0.15) is 0 Å². The summed E-state index contributed by atoms with van der Waals surface area (Å²) in [6.45, 7) is 6.80. The molecule has 2 aromatic carbocycles. The highest BCUT2D eigenvalue weighted by atomic mass is 35.5. The van der Waals surface area contributed by atoms with E-state index < -0.39 is 0 Å². The number of likely N-dealkylation sites (N-methyl/N-ethyl adjacent to an activating group) is 1. The van der Waals surface area contributed by atoms with E-state index in [-0.39, 0.29) is 30.8 Å². The molecule has 3 amide bonds. The van der Waals surface area contributed by atoms with Crippen molar-refractivity contribution in [2.24, 2.45) is 5.92 Å². The maximum atomic E-state index is 12.6. The summed E-state index contributed by atoms with van der Waals surface area (Å²) in [5.74, 6) is -0.619. The van der Waals surface area contributed by atoms with Crippen molar-refractivity contribution in [2.75, 3.05) is 36.8 Å². The molecule has 0 aliphatic heterocycles. The molecule has 3 N–H and O–H groups in total. The first-order chi connectivity index (χ1) is 15.2. The standard InChI is InChI=1S/C23H28Cl2N4O3/c1-4-29(14-21(31)28-22-17(24)9-7-10-18(22)25)13-20(30)27-19-11-6-5-8-16(19)23(32)26-12-15(2)3/h5-11,15H,4,12-14H2,1-3H3,(H,26,32)(H,27,30)(H,28,31). The molecule has 32 heavy (non-hydrogen) atoms. The number of benzene rings is 2. The van der Waals surface area contributed by atoms with E-state index in [9.17, 15) is 14.4 Å². The molecule has 2 rings (SSSR count). The molecule has 0 aliphatic carbocycles. The zero-order valence-electron chi connectivity index (χ0n) is 18.4. The van der Waals surface area contributed by atoms with Gasteiger partial charge in [-0.25, -0.2) is 0 Å². The lowest BCUT2D eigenvalue weighted by atomic mass is 10.1. The molecule has 7 nitrogen and oxygen atoms in total. The van der Waals surface area contributed by atoms with Gasteiger partial charge in [0, 0.05) is 6.54 Å². The maximum Gasteiger partial charge on any atom is 0.253 e. The number of rotatable bonds is 10. The van der Waals surface area contributed by atoms with Crippen molar-refractivity contribution in [2.45, 2.75) is 20.8 Å². The Kier molecular flexibility index (Phi) is 9.97. The largest absolute Gasteiger partial charge is 0.352 e. The molecule has 0 radical (unpaired) electrons. The summed E-state index contributed by atoms with van der Waals surface area (Å²) < 4.78 is 0. The number of nitrogens with one attached hydrogen (secondary N) is 3. The van der Waals surface area contributed by atoms with E-state index in [1.165, 1.54) is 0 Å². The number of hydrogen-bond acceptors (Lipinski definition) is 4. The lowest BCUT2D eigenvalue weighted by Gasteiger charge is -2.20. The Hall–Kier alpha value is -2.61. The van der Waals surface area contributed by atoms with Gasteiger partial charge in [-0.15, -0.1) is 0 Å². The topological polar surface area (TPSA) is 90.5 Å². The Morgan fingerprint density at radius 3 is 2.09 bits per heavy atom. The van der Waals surface area contributed by atoms with Crippen LogP contribution < -0.4 is 16.0 Å². The number of carbonyl (C=O) groups is 3. The molecular weight excluding hydrogens is 451 g/mol. The van der Waals surface area contributed by atoms with Crippen molar-refractivity contribution in [3.8, 4) is 0 Å². The lowest BCUT2D eigenvalue weighted by Crippen LogP contribution is -2.39. The third-order valence-corrected chi connectivity index (χ3v) is 5.16. The summed E-state index contributed by atoms with van der Waals surface area (Å²) in [5.41, 5.74) is 1.14. The minimum Gasteiger partial charge on any atom is -0.352 e. The number of para-hydroxylation sites is 2. The second kappa shape index (κ2) is 12.4. The summed E-state index contributed by atoms with van der Waals surface area (Å²) in [6, 6.07) is 11.7. The summed E-state index contributed by atoms with van der Waals surface area (Å²) >= 11 is 12.2. The smallest absolute Gasteiger partial charge is 0.253 e. The fourth-order valence-corrected chi connectivity index (χ4v) is 3.35. The first kappa shape index (κ1) is 25.6. The molecule has 0 atom stereocenters. The van der Waals surface area contributed by atoms with Gasteiger partial charge in [0.2, 0.25) is 11.8 Å². The Labute approximate surface area is 198 Å². The maximum absolute atomic E-state index is 12.6. The van der Waals surface area contributed by atoms with E-state index in [1.54, 1.807) is 47.4 Å². The first-order valence-corrected chi connectivity index (χ1v) is 11.1. The Balaban J connectivity index is 1.98. The molecule has 172 valence electrons. The average molecular weight is 479 g/mol. The number of carbonyl (C=O) groups excluding carboxylic acids is 3. The molecule has 0 heterocycles. The number of amides is 3. The van der Waals surface area contributed by atoms with Crippen LogP contribution in [0.5, 0.6) is 0 Å². The molecule has 0 spiro atoms.